The van der Waals surface area contributed by atoms with Crippen molar-refractivity contribution in [3.63, 3.8) is 0 Å². The third kappa shape index (κ3) is 5.94. The van der Waals surface area contributed by atoms with Gasteiger partial charge >= 0.3 is 0 Å². The first-order valence-electron chi connectivity index (χ1n) is 10.2. The lowest BCUT2D eigenvalue weighted by Gasteiger charge is -2.09. The number of amides is 1. The SMILES string of the molecule is COCC/C(=N\NC(=O)CCC(=O)c1ccc(OC)c(OC)c1)c1csc2c(F)cccc12. The standard InChI is InChI=1S/C24H25FN2O5S/c1-30-12-11-19(17-14-33-24-16(17)5-4-6-18(24)25)26-27-23(29)10-8-20(28)15-7-9-21(31-2)22(13-15)32-3/h4-7,9,13-14H,8,10-12H2,1-3H3,(H,27,29)/b26-19+. The lowest BCUT2D eigenvalue weighted by molar-refractivity contribution is -0.121. The van der Waals surface area contributed by atoms with Crippen molar-refractivity contribution in [1.29, 1.82) is 0 Å². The van der Waals surface area contributed by atoms with Crippen LogP contribution in [0.3, 0.4) is 0 Å². The number of rotatable bonds is 11. The third-order valence-corrected chi connectivity index (χ3v) is 6.01. The molecule has 0 spiro atoms. The minimum atomic E-state index is -0.399. The molecule has 1 heterocycles. The van der Waals surface area contributed by atoms with Crippen LogP contribution in [-0.4, -0.2) is 45.3 Å². The van der Waals surface area contributed by atoms with E-state index >= 15 is 0 Å². The Hall–Kier alpha value is -3.30. The average Bonchev–Trinajstić information content (AvgIpc) is 3.27. The molecule has 0 radical (unpaired) electrons. The van der Waals surface area contributed by atoms with E-state index in [4.69, 9.17) is 14.2 Å². The molecule has 0 saturated heterocycles. The molecule has 9 heteroatoms. The van der Waals surface area contributed by atoms with Gasteiger partial charge in [-0.25, -0.2) is 9.82 Å². The molecule has 0 atom stereocenters. The number of carbonyl (C=O) groups is 2. The van der Waals surface area contributed by atoms with Crippen molar-refractivity contribution >= 4 is 38.8 Å². The van der Waals surface area contributed by atoms with Gasteiger partial charge in [0.15, 0.2) is 17.3 Å². The highest BCUT2D eigenvalue weighted by Crippen LogP contribution is 2.30. The maximum Gasteiger partial charge on any atom is 0.240 e. The van der Waals surface area contributed by atoms with Crippen LogP contribution in [0.1, 0.15) is 35.2 Å². The summed E-state index contributed by atoms with van der Waals surface area (Å²) < 4.78 is 30.1. The largest absolute Gasteiger partial charge is 0.493 e. The van der Waals surface area contributed by atoms with Gasteiger partial charge in [-0.05, 0) is 24.3 Å². The van der Waals surface area contributed by atoms with E-state index in [2.05, 4.69) is 10.5 Å². The number of nitrogens with one attached hydrogen (secondary N) is 1. The lowest BCUT2D eigenvalue weighted by Crippen LogP contribution is -2.21. The number of methoxy groups -OCH3 is 3. The number of nitrogens with zero attached hydrogens (tertiary/aromatic N) is 1. The van der Waals surface area contributed by atoms with E-state index in [0.717, 1.165) is 10.9 Å². The first kappa shape index (κ1) is 24.3. The molecular weight excluding hydrogens is 447 g/mol. The number of hydrogen-bond donors (Lipinski definition) is 1. The summed E-state index contributed by atoms with van der Waals surface area (Å²) in [4.78, 5) is 24.9. The molecule has 2 aromatic carbocycles. The average molecular weight is 473 g/mol. The smallest absolute Gasteiger partial charge is 0.240 e. The van der Waals surface area contributed by atoms with Gasteiger partial charge in [0, 0.05) is 48.3 Å². The van der Waals surface area contributed by atoms with E-state index in [1.165, 1.54) is 31.6 Å². The highest BCUT2D eigenvalue weighted by molar-refractivity contribution is 7.17. The second-order valence-corrected chi connectivity index (χ2v) is 7.97. The van der Waals surface area contributed by atoms with Gasteiger partial charge in [-0.2, -0.15) is 5.10 Å². The van der Waals surface area contributed by atoms with Gasteiger partial charge < -0.3 is 14.2 Å². The molecule has 3 aromatic rings. The molecule has 0 bridgehead atoms. The first-order chi connectivity index (χ1) is 16.0. The van der Waals surface area contributed by atoms with E-state index in [1.54, 1.807) is 31.4 Å². The minimum absolute atomic E-state index is 0.0107. The van der Waals surface area contributed by atoms with E-state index in [1.807, 2.05) is 11.4 Å². The first-order valence-corrected chi connectivity index (χ1v) is 11.1. The van der Waals surface area contributed by atoms with Crippen LogP contribution in [0, 0.1) is 5.82 Å². The van der Waals surface area contributed by atoms with Crippen LogP contribution in [0.15, 0.2) is 46.9 Å². The number of carbonyl (C=O) groups excluding carboxylic acids is 2. The van der Waals surface area contributed by atoms with Crippen molar-refractivity contribution in [2.45, 2.75) is 19.3 Å². The van der Waals surface area contributed by atoms with Crippen molar-refractivity contribution in [2.24, 2.45) is 5.10 Å². The van der Waals surface area contributed by atoms with E-state index < -0.39 is 5.91 Å². The summed E-state index contributed by atoms with van der Waals surface area (Å²) in [6.45, 7) is 0.388. The molecule has 1 amide bonds. The zero-order valence-corrected chi connectivity index (χ0v) is 19.5. The molecule has 1 aromatic heterocycles. The van der Waals surface area contributed by atoms with Crippen molar-refractivity contribution in [2.75, 3.05) is 27.9 Å². The van der Waals surface area contributed by atoms with Crippen molar-refractivity contribution in [3.8, 4) is 11.5 Å². The minimum Gasteiger partial charge on any atom is -0.493 e. The molecule has 3 rings (SSSR count). The summed E-state index contributed by atoms with van der Waals surface area (Å²) in [5.74, 6) is 0.0659. The predicted molar refractivity (Wildman–Crippen MR) is 126 cm³/mol. The van der Waals surface area contributed by atoms with Crippen LogP contribution in [-0.2, 0) is 9.53 Å². The number of hydrogen-bond acceptors (Lipinski definition) is 7. The highest BCUT2D eigenvalue weighted by Gasteiger charge is 2.15. The summed E-state index contributed by atoms with van der Waals surface area (Å²) in [5.41, 5.74) is 4.26. The fourth-order valence-electron chi connectivity index (χ4n) is 3.26. The number of halogens is 1. The monoisotopic (exact) mass is 472 g/mol. The second kappa shape index (κ2) is 11.5. The van der Waals surface area contributed by atoms with Crippen molar-refractivity contribution in [1.82, 2.24) is 5.43 Å². The molecule has 0 saturated carbocycles. The van der Waals surface area contributed by atoms with Gasteiger partial charge in [-0.3, -0.25) is 9.59 Å². The molecule has 1 N–H and O–H groups in total. The number of benzene rings is 2. The topological polar surface area (TPSA) is 86.2 Å². The van der Waals surface area contributed by atoms with Crippen LogP contribution in [0.5, 0.6) is 11.5 Å². The molecule has 0 aliphatic heterocycles. The van der Waals surface area contributed by atoms with Crippen LogP contribution in [0.4, 0.5) is 4.39 Å². The lowest BCUT2D eigenvalue weighted by atomic mass is 10.1. The molecule has 33 heavy (non-hydrogen) atoms. The second-order valence-electron chi connectivity index (χ2n) is 7.10. The summed E-state index contributed by atoms with van der Waals surface area (Å²) >= 11 is 1.28. The van der Waals surface area contributed by atoms with Gasteiger partial charge in [0.2, 0.25) is 5.91 Å². The van der Waals surface area contributed by atoms with E-state index in [0.29, 0.717) is 40.5 Å². The molecule has 174 valence electrons. The normalized spacial score (nSPS) is 11.5. The highest BCUT2D eigenvalue weighted by atomic mass is 32.1. The Morgan fingerprint density at radius 1 is 1.03 bits per heavy atom. The van der Waals surface area contributed by atoms with Gasteiger partial charge in [0.1, 0.15) is 5.82 Å². The van der Waals surface area contributed by atoms with Crippen molar-refractivity contribution < 1.29 is 28.2 Å². The van der Waals surface area contributed by atoms with Crippen molar-refractivity contribution in [3.05, 3.63) is 58.7 Å². The van der Waals surface area contributed by atoms with Crippen LogP contribution >= 0.6 is 11.3 Å². The Morgan fingerprint density at radius 3 is 2.55 bits per heavy atom. The zero-order chi connectivity index (χ0) is 23.8. The number of fused-ring (bicyclic) bond motifs is 1. The Kier molecular flexibility index (Phi) is 8.51. The summed E-state index contributed by atoms with van der Waals surface area (Å²) in [5, 5.41) is 6.80. The van der Waals surface area contributed by atoms with Crippen LogP contribution < -0.4 is 14.9 Å². The fourth-order valence-corrected chi connectivity index (χ4v) is 4.25. The molecule has 7 nitrogen and oxygen atoms in total. The Balaban J connectivity index is 1.67. The molecular formula is C24H25FN2O5S. The molecule has 0 unspecified atom stereocenters. The Labute approximate surface area is 195 Å². The maximum absolute atomic E-state index is 14.1. The van der Waals surface area contributed by atoms with Gasteiger partial charge in [-0.1, -0.05) is 12.1 Å². The molecule has 0 fully saturated rings. The fraction of sp³-hybridized carbons (Fsp3) is 0.292. The molecule has 0 aliphatic rings. The zero-order valence-electron chi connectivity index (χ0n) is 18.6. The number of ketones is 1. The Morgan fingerprint density at radius 2 is 1.82 bits per heavy atom. The third-order valence-electron chi connectivity index (χ3n) is 5.01. The number of thiophene rings is 1. The molecule has 0 aliphatic carbocycles. The van der Waals surface area contributed by atoms with Crippen LogP contribution in [0.2, 0.25) is 0 Å². The quantitative estimate of drug-likeness (QED) is 0.251. The number of ether oxygens (including phenoxy) is 3. The van der Waals surface area contributed by atoms with E-state index in [9.17, 15) is 14.0 Å². The number of hydrazone groups is 1. The van der Waals surface area contributed by atoms with Crippen LogP contribution in [0.25, 0.3) is 10.1 Å². The predicted octanol–water partition coefficient (Wildman–Crippen LogP) is 4.58. The van der Waals surface area contributed by atoms with Gasteiger partial charge in [-0.15, -0.1) is 11.3 Å². The van der Waals surface area contributed by atoms with E-state index in [-0.39, 0.29) is 24.4 Å². The summed E-state index contributed by atoms with van der Waals surface area (Å²) in [6, 6.07) is 9.72. The summed E-state index contributed by atoms with van der Waals surface area (Å²) in [7, 11) is 4.58. The van der Waals surface area contributed by atoms with Gasteiger partial charge in [0.25, 0.3) is 0 Å². The summed E-state index contributed by atoms with van der Waals surface area (Å²) in [6.07, 6.45) is 0.410. The number of Topliss-reactive ketones (excluding diaryl/α,β-unsaturated/α-hetero) is 1. The Bertz CT molecular complexity index is 1170. The van der Waals surface area contributed by atoms with Gasteiger partial charge in [0.05, 0.1) is 31.2 Å². The maximum atomic E-state index is 14.1.